The van der Waals surface area contributed by atoms with Gasteiger partial charge in [0.05, 0.1) is 0 Å². The quantitative estimate of drug-likeness (QED) is 0.296. The first-order valence-electron chi connectivity index (χ1n) is 0.730. The summed E-state index contributed by atoms with van der Waals surface area (Å²) < 4.78 is 8.55. The second kappa shape index (κ2) is 12.0. The summed E-state index contributed by atoms with van der Waals surface area (Å²) in [5, 5.41) is 0. The summed E-state index contributed by atoms with van der Waals surface area (Å²) in [5.41, 5.74) is 0. The molecule has 0 aliphatic carbocycles. The van der Waals surface area contributed by atoms with Crippen LogP contribution in [0.3, 0.4) is 0 Å². The van der Waals surface area contributed by atoms with Crippen LogP contribution in [0, 0.1) is 0 Å². The summed E-state index contributed by atoms with van der Waals surface area (Å²) >= 11 is 0. The topological polar surface area (TPSA) is 86.2 Å². The Bertz CT molecular complexity index is 61.9. The molecule has 0 aromatic heterocycles. The maximum atomic E-state index is 8.55. The van der Waals surface area contributed by atoms with Crippen LogP contribution in [0.2, 0.25) is 0 Å². The molecule has 0 aromatic carbocycles. The van der Waals surface area contributed by atoms with E-state index in [1.54, 1.807) is 0 Å². The molecule has 8 heteroatoms. The number of rotatable bonds is 0. The summed E-state index contributed by atoms with van der Waals surface area (Å²) in [5.74, 6) is 0. The van der Waals surface area contributed by atoms with E-state index in [9.17, 15) is 0 Å². The van der Waals surface area contributed by atoms with Gasteiger partial charge < -0.3 is 19.2 Å². The van der Waals surface area contributed by atoms with Crippen LogP contribution in [0.4, 0.5) is 0 Å². The molecule has 8 heavy (non-hydrogen) atoms. The summed E-state index contributed by atoms with van der Waals surface area (Å²) in [7, 11) is -5.39. The summed E-state index contributed by atoms with van der Waals surface area (Å²) in [6.07, 6.45) is 0. The van der Waals surface area contributed by atoms with Crippen molar-refractivity contribution in [1.29, 1.82) is 0 Å². The summed E-state index contributed by atoms with van der Waals surface area (Å²) in [6, 6.07) is 0. The second-order valence-corrected chi connectivity index (χ2v) is 1.34. The van der Waals surface area contributed by atoms with Gasteiger partial charge >= 0.3 is 156 Å². The van der Waals surface area contributed by atoms with Crippen molar-refractivity contribution in [2.75, 3.05) is 0 Å². The number of hydrogen-bond acceptors (Lipinski definition) is 4. The standard InChI is InChI=1S/3K.H3O4P.H/c;;;1-5(2,3)4;/h;;;(H3,1,2,3,4);/q;2*+1;;/p-2. The summed E-state index contributed by atoms with van der Waals surface area (Å²) in [6.45, 7) is 0. The van der Waals surface area contributed by atoms with Crippen LogP contribution < -0.4 is 117 Å². The fourth-order valence-corrected chi connectivity index (χ4v) is 0. The predicted octanol–water partition coefficient (Wildman–Crippen LogP) is -9.35. The minimum absolute atomic E-state index is 0. The van der Waals surface area contributed by atoms with Crippen LogP contribution in [0.1, 0.15) is 1.43 Å². The van der Waals surface area contributed by atoms with E-state index >= 15 is 0 Å². The van der Waals surface area contributed by atoms with E-state index < -0.39 is 7.82 Å². The number of phosphoric acid groups is 1. The van der Waals surface area contributed by atoms with Gasteiger partial charge in [0.15, 0.2) is 0 Å². The zero-order valence-electron chi connectivity index (χ0n) is 5.08. The Labute approximate surface area is 177 Å². The molecule has 0 unspecified atom stereocenters. The Kier molecular flexibility index (Phi) is 34.7. The van der Waals surface area contributed by atoms with Gasteiger partial charge in [-0.2, -0.15) is 7.82 Å². The van der Waals surface area contributed by atoms with Crippen LogP contribution in [0.25, 0.3) is 0 Å². The Balaban J connectivity index is -0.0000000133. The maximum absolute atomic E-state index is 8.55. The van der Waals surface area contributed by atoms with Crippen LogP contribution >= 0.6 is 7.82 Å². The summed E-state index contributed by atoms with van der Waals surface area (Å²) in [4.78, 5) is 25.6. The van der Waals surface area contributed by atoms with Crippen molar-refractivity contribution in [3.8, 4) is 0 Å². The third kappa shape index (κ3) is 43.9. The monoisotopic (exact) mass is 214 g/mol. The normalized spacial score (nSPS) is 7.38. The molecule has 0 bridgehead atoms. The van der Waals surface area contributed by atoms with Crippen LogP contribution in [0.5, 0.6) is 0 Å². The van der Waals surface area contributed by atoms with Crippen molar-refractivity contribution in [3.63, 3.8) is 0 Å². The van der Waals surface area contributed by atoms with Gasteiger partial charge in [0.25, 0.3) is 0 Å². The molecular weight excluding hydrogens is 212 g/mol. The van der Waals surface area contributed by atoms with Gasteiger partial charge in [-0.1, -0.05) is 0 Å². The average molecular weight is 214 g/mol. The Morgan fingerprint density at radius 2 is 1.12 bits per heavy atom. The first-order valence-corrected chi connectivity index (χ1v) is 2.19. The van der Waals surface area contributed by atoms with Crippen molar-refractivity contribution < 1.29 is 123 Å². The molecule has 0 spiro atoms. The van der Waals surface area contributed by atoms with Crippen molar-refractivity contribution >= 4 is 59.2 Å². The molecule has 4 nitrogen and oxygen atoms in total. The third-order valence-electron chi connectivity index (χ3n) is 0. The van der Waals surface area contributed by atoms with E-state index in [1.807, 2.05) is 0 Å². The third-order valence-corrected chi connectivity index (χ3v) is 0. The molecule has 0 aromatic rings. The fourth-order valence-electron chi connectivity index (χ4n) is 0. The zero-order valence-corrected chi connectivity index (χ0v) is 11.2. The van der Waals surface area contributed by atoms with Gasteiger partial charge in [0.2, 0.25) is 0 Å². The predicted molar refractivity (Wildman–Crippen MR) is 15.9 cm³/mol. The van der Waals surface area contributed by atoms with Crippen molar-refractivity contribution in [1.82, 2.24) is 0 Å². The van der Waals surface area contributed by atoms with E-state index in [0.29, 0.717) is 0 Å². The molecule has 0 heterocycles. The molecule has 0 aliphatic heterocycles. The molecular formula is H2K3O4P. The molecule has 0 amide bonds. The fraction of sp³-hybridized carbons (Fsp3) is 0. The van der Waals surface area contributed by atoms with E-state index in [-0.39, 0.29) is 156 Å². The number of hydrogen-bond donors (Lipinski definition) is 0. The zero-order chi connectivity index (χ0) is 4.50. The van der Waals surface area contributed by atoms with E-state index in [2.05, 4.69) is 0 Å². The van der Waals surface area contributed by atoms with Crippen molar-refractivity contribution in [2.45, 2.75) is 0 Å². The minimum atomic E-state index is -5.39. The van der Waals surface area contributed by atoms with Crippen LogP contribution in [-0.4, -0.2) is 51.4 Å². The van der Waals surface area contributed by atoms with E-state index in [4.69, 9.17) is 19.2 Å². The van der Waals surface area contributed by atoms with Gasteiger partial charge in [-0.3, -0.25) is 0 Å². The van der Waals surface area contributed by atoms with E-state index in [0.717, 1.165) is 0 Å². The second-order valence-electron chi connectivity index (χ2n) is 0.447. The molecule has 0 atom stereocenters. The molecule has 0 radical (unpaired) electrons. The first kappa shape index (κ1) is 23.1. The van der Waals surface area contributed by atoms with Crippen LogP contribution in [0.15, 0.2) is 0 Å². The molecule has 0 aliphatic rings. The van der Waals surface area contributed by atoms with Crippen molar-refractivity contribution in [2.24, 2.45) is 0 Å². The Morgan fingerprint density at radius 1 is 1.12 bits per heavy atom. The van der Waals surface area contributed by atoms with Gasteiger partial charge in [-0.15, -0.1) is 0 Å². The molecule has 0 rings (SSSR count). The molecule has 0 saturated heterocycles. The molecule has 0 fully saturated rings. The van der Waals surface area contributed by atoms with Gasteiger partial charge in [-0.05, 0) is 0 Å². The van der Waals surface area contributed by atoms with Crippen molar-refractivity contribution in [3.05, 3.63) is 0 Å². The SMILES string of the molecule is O=P([O-])([O-])[O-].[H+].[K+].[K+].[KH]. The Morgan fingerprint density at radius 3 is 1.12 bits per heavy atom. The molecule has 34 valence electrons. The van der Waals surface area contributed by atoms with Gasteiger partial charge in [0, 0.05) is 0 Å². The molecule has 0 saturated carbocycles. The van der Waals surface area contributed by atoms with Gasteiger partial charge in [0.1, 0.15) is 0 Å². The van der Waals surface area contributed by atoms with Crippen LogP contribution in [-0.2, 0) is 4.57 Å². The van der Waals surface area contributed by atoms with E-state index in [1.165, 1.54) is 0 Å². The first-order chi connectivity index (χ1) is 2.00. The average Bonchev–Trinajstić information content (AvgIpc) is 0.722. The molecule has 0 N–H and O–H groups in total. The Hall–Kier alpha value is 5.02. The van der Waals surface area contributed by atoms with Gasteiger partial charge in [-0.25, -0.2) is 0 Å².